The molecule has 6 nitrogen and oxygen atoms in total. The molecule has 1 aliphatic rings. The van der Waals surface area contributed by atoms with Crippen molar-refractivity contribution in [2.75, 3.05) is 6.54 Å². The third-order valence-electron chi connectivity index (χ3n) is 4.22. The zero-order valence-electron chi connectivity index (χ0n) is 11.9. The number of aromatic amines is 1. The van der Waals surface area contributed by atoms with E-state index >= 15 is 0 Å². The van der Waals surface area contributed by atoms with Crippen LogP contribution in [0.5, 0.6) is 0 Å². The van der Waals surface area contributed by atoms with Gasteiger partial charge in [0.25, 0.3) is 5.91 Å². The van der Waals surface area contributed by atoms with Gasteiger partial charge in [-0.05, 0) is 25.8 Å². The minimum atomic E-state index is -0.341. The largest absolute Gasteiger partial charge is 0.369 e. The predicted octanol–water partition coefficient (Wildman–Crippen LogP) is 1.29. The Kier molecular flexibility index (Phi) is 3.37. The molecule has 6 heteroatoms. The normalized spacial score (nSPS) is 22.4. The maximum Gasteiger partial charge on any atom is 0.275 e. The highest BCUT2D eigenvalue weighted by Gasteiger charge is 2.33. The third kappa shape index (κ3) is 2.37. The summed E-state index contributed by atoms with van der Waals surface area (Å²) >= 11 is 0. The number of fused-ring (bicyclic) bond motifs is 1. The number of para-hydroxylation sites is 1. The van der Waals surface area contributed by atoms with Gasteiger partial charge in [0.1, 0.15) is 0 Å². The first-order valence-corrected chi connectivity index (χ1v) is 7.11. The average molecular weight is 286 g/mol. The van der Waals surface area contributed by atoms with Crippen LogP contribution in [0.3, 0.4) is 0 Å². The molecule has 1 aromatic carbocycles. The summed E-state index contributed by atoms with van der Waals surface area (Å²) in [6.07, 6.45) is 1.52. The van der Waals surface area contributed by atoms with Gasteiger partial charge in [-0.2, -0.15) is 5.10 Å². The van der Waals surface area contributed by atoms with Crippen LogP contribution in [-0.2, 0) is 4.79 Å². The molecule has 0 unspecified atom stereocenters. The highest BCUT2D eigenvalue weighted by molar-refractivity contribution is 6.04. The molecular weight excluding hydrogens is 268 g/mol. The molecule has 0 aliphatic carbocycles. The molecule has 2 heterocycles. The maximum atomic E-state index is 12.7. The minimum absolute atomic E-state index is 0.0866. The van der Waals surface area contributed by atoms with Crippen LogP contribution in [0, 0.1) is 5.92 Å². The lowest BCUT2D eigenvalue weighted by Crippen LogP contribution is -2.48. The van der Waals surface area contributed by atoms with E-state index in [-0.39, 0.29) is 23.8 Å². The molecule has 0 saturated carbocycles. The fraction of sp³-hybridized carbons (Fsp3) is 0.400. The van der Waals surface area contributed by atoms with Gasteiger partial charge in [0.05, 0.1) is 11.4 Å². The van der Waals surface area contributed by atoms with E-state index < -0.39 is 0 Å². The molecule has 2 amide bonds. The first kappa shape index (κ1) is 13.6. The van der Waals surface area contributed by atoms with Crippen LogP contribution in [0.15, 0.2) is 24.3 Å². The highest BCUT2D eigenvalue weighted by Crippen LogP contribution is 2.25. The van der Waals surface area contributed by atoms with Crippen molar-refractivity contribution in [1.29, 1.82) is 0 Å². The van der Waals surface area contributed by atoms with E-state index in [9.17, 15) is 9.59 Å². The fourth-order valence-corrected chi connectivity index (χ4v) is 2.88. The van der Waals surface area contributed by atoms with E-state index in [1.54, 1.807) is 4.90 Å². The number of nitrogens with one attached hydrogen (secondary N) is 1. The van der Waals surface area contributed by atoms with Crippen LogP contribution in [0.25, 0.3) is 10.9 Å². The summed E-state index contributed by atoms with van der Waals surface area (Å²) in [5.74, 6) is -0.757. The van der Waals surface area contributed by atoms with Crippen LogP contribution >= 0.6 is 0 Å². The molecule has 3 N–H and O–H groups in total. The third-order valence-corrected chi connectivity index (χ3v) is 4.22. The monoisotopic (exact) mass is 286 g/mol. The van der Waals surface area contributed by atoms with Crippen molar-refractivity contribution in [3.05, 3.63) is 30.0 Å². The molecule has 2 aromatic rings. The Morgan fingerprint density at radius 1 is 1.33 bits per heavy atom. The molecule has 0 bridgehead atoms. The molecule has 0 radical (unpaired) electrons. The van der Waals surface area contributed by atoms with Crippen LogP contribution < -0.4 is 5.73 Å². The van der Waals surface area contributed by atoms with Crippen molar-refractivity contribution in [1.82, 2.24) is 15.1 Å². The molecule has 2 atom stereocenters. The van der Waals surface area contributed by atoms with Gasteiger partial charge in [-0.15, -0.1) is 0 Å². The number of primary amides is 1. The standard InChI is InChI=1S/C15H18N4O2/c1-9-6-7-10(14(16)20)8-19(9)15(21)13-11-4-2-3-5-12(11)17-18-13/h2-5,9-10H,6-8H2,1H3,(H2,16,20)(H,17,18)/t9-,10-/m0/s1. The first-order valence-electron chi connectivity index (χ1n) is 7.11. The van der Waals surface area contributed by atoms with Crippen molar-refractivity contribution in [2.24, 2.45) is 11.7 Å². The fourth-order valence-electron chi connectivity index (χ4n) is 2.88. The van der Waals surface area contributed by atoms with Gasteiger partial charge >= 0.3 is 0 Å². The lowest BCUT2D eigenvalue weighted by molar-refractivity contribution is -0.123. The smallest absolute Gasteiger partial charge is 0.275 e. The Morgan fingerprint density at radius 3 is 2.86 bits per heavy atom. The van der Waals surface area contributed by atoms with E-state index in [2.05, 4.69) is 10.2 Å². The van der Waals surface area contributed by atoms with Gasteiger partial charge in [-0.3, -0.25) is 14.7 Å². The number of piperidine rings is 1. The molecule has 1 aromatic heterocycles. The van der Waals surface area contributed by atoms with E-state index in [0.29, 0.717) is 12.2 Å². The number of hydrogen-bond donors (Lipinski definition) is 2. The molecule has 21 heavy (non-hydrogen) atoms. The van der Waals surface area contributed by atoms with E-state index in [1.165, 1.54) is 0 Å². The number of carbonyl (C=O) groups is 2. The Bertz CT molecular complexity index is 694. The number of rotatable bonds is 2. The summed E-state index contributed by atoms with van der Waals surface area (Å²) in [6, 6.07) is 7.60. The van der Waals surface area contributed by atoms with Gasteiger partial charge in [0.2, 0.25) is 5.91 Å². The number of amides is 2. The Balaban J connectivity index is 1.91. The van der Waals surface area contributed by atoms with E-state index in [1.807, 2.05) is 31.2 Å². The van der Waals surface area contributed by atoms with E-state index in [4.69, 9.17) is 5.73 Å². The average Bonchev–Trinajstić information content (AvgIpc) is 2.90. The van der Waals surface area contributed by atoms with Crippen molar-refractivity contribution in [3.63, 3.8) is 0 Å². The minimum Gasteiger partial charge on any atom is -0.369 e. The second-order valence-corrected chi connectivity index (χ2v) is 5.60. The van der Waals surface area contributed by atoms with Gasteiger partial charge in [0.15, 0.2) is 5.69 Å². The molecular formula is C15H18N4O2. The molecule has 3 rings (SSSR count). The quantitative estimate of drug-likeness (QED) is 0.871. The number of nitrogens with two attached hydrogens (primary N) is 1. The topological polar surface area (TPSA) is 92.1 Å². The summed E-state index contributed by atoms with van der Waals surface area (Å²) in [5, 5.41) is 7.81. The van der Waals surface area contributed by atoms with Crippen molar-refractivity contribution < 1.29 is 9.59 Å². The van der Waals surface area contributed by atoms with Crippen LogP contribution in [-0.4, -0.2) is 39.5 Å². The molecule has 1 aliphatic heterocycles. The van der Waals surface area contributed by atoms with Gasteiger partial charge in [-0.1, -0.05) is 18.2 Å². The van der Waals surface area contributed by atoms with Gasteiger partial charge < -0.3 is 10.6 Å². The zero-order chi connectivity index (χ0) is 15.0. The Morgan fingerprint density at radius 2 is 2.10 bits per heavy atom. The number of aromatic nitrogens is 2. The summed E-state index contributed by atoms with van der Waals surface area (Å²) in [5.41, 5.74) is 6.62. The lowest BCUT2D eigenvalue weighted by Gasteiger charge is -2.36. The second kappa shape index (κ2) is 5.20. The zero-order valence-corrected chi connectivity index (χ0v) is 11.9. The predicted molar refractivity (Wildman–Crippen MR) is 78.5 cm³/mol. The van der Waals surface area contributed by atoms with Crippen LogP contribution in [0.4, 0.5) is 0 Å². The molecule has 0 spiro atoms. The summed E-state index contributed by atoms with van der Waals surface area (Å²) in [4.78, 5) is 25.8. The number of nitrogens with zero attached hydrogens (tertiary/aromatic N) is 2. The lowest BCUT2D eigenvalue weighted by atomic mass is 9.92. The Hall–Kier alpha value is -2.37. The summed E-state index contributed by atoms with van der Waals surface area (Å²) in [7, 11) is 0. The highest BCUT2D eigenvalue weighted by atomic mass is 16.2. The molecule has 1 fully saturated rings. The SMILES string of the molecule is C[C@H]1CC[C@H](C(N)=O)CN1C(=O)c1n[nH]c2ccccc12. The van der Waals surface area contributed by atoms with E-state index in [0.717, 1.165) is 23.7 Å². The molecule has 110 valence electrons. The first-order chi connectivity index (χ1) is 10.1. The second-order valence-electron chi connectivity index (χ2n) is 5.60. The van der Waals surface area contributed by atoms with Gasteiger partial charge in [-0.25, -0.2) is 0 Å². The number of H-pyrrole nitrogens is 1. The molecule has 1 saturated heterocycles. The van der Waals surface area contributed by atoms with Crippen LogP contribution in [0.1, 0.15) is 30.3 Å². The van der Waals surface area contributed by atoms with Crippen LogP contribution in [0.2, 0.25) is 0 Å². The number of carbonyl (C=O) groups excluding carboxylic acids is 2. The van der Waals surface area contributed by atoms with Gasteiger partial charge in [0, 0.05) is 18.0 Å². The number of benzene rings is 1. The van der Waals surface area contributed by atoms with Crippen molar-refractivity contribution in [2.45, 2.75) is 25.8 Å². The van der Waals surface area contributed by atoms with Crippen molar-refractivity contribution >= 4 is 22.7 Å². The summed E-state index contributed by atoms with van der Waals surface area (Å²) in [6.45, 7) is 2.36. The van der Waals surface area contributed by atoms with Crippen molar-refractivity contribution in [3.8, 4) is 0 Å². The Labute approximate surface area is 122 Å². The summed E-state index contributed by atoms with van der Waals surface area (Å²) < 4.78 is 0. The maximum absolute atomic E-state index is 12.7. The number of hydrogen-bond acceptors (Lipinski definition) is 3. The number of likely N-dealkylation sites (tertiary alicyclic amines) is 1.